The Balaban J connectivity index is 2.23. The predicted molar refractivity (Wildman–Crippen MR) is 92.7 cm³/mol. The number of hydrogen-bond acceptors (Lipinski definition) is 2. The summed E-state index contributed by atoms with van der Waals surface area (Å²) >= 11 is 0. The SMILES string of the molecule is CCCNC(C1CCCCC1CC)C1(N(C)C)CCCC1. The van der Waals surface area contributed by atoms with Crippen molar-refractivity contribution < 1.29 is 0 Å². The highest BCUT2D eigenvalue weighted by molar-refractivity contribution is 5.06. The second-order valence-electron chi connectivity index (χ2n) is 7.75. The summed E-state index contributed by atoms with van der Waals surface area (Å²) in [4.78, 5) is 2.58. The Labute approximate surface area is 133 Å². The van der Waals surface area contributed by atoms with E-state index in [0.717, 1.165) is 11.8 Å². The monoisotopic (exact) mass is 294 g/mol. The third-order valence-electron chi connectivity index (χ3n) is 6.47. The molecular formula is C19H38N2. The predicted octanol–water partition coefficient (Wildman–Crippen LogP) is 4.45. The number of likely N-dealkylation sites (N-methyl/N-ethyl adjacent to an activating group) is 1. The second kappa shape index (κ2) is 7.97. The third kappa shape index (κ3) is 3.64. The van der Waals surface area contributed by atoms with Crippen molar-refractivity contribution in [2.45, 2.75) is 89.6 Å². The summed E-state index contributed by atoms with van der Waals surface area (Å²) in [5.41, 5.74) is 0.421. The molecule has 2 heteroatoms. The smallest absolute Gasteiger partial charge is 0.0359 e. The van der Waals surface area contributed by atoms with Crippen molar-refractivity contribution in [2.75, 3.05) is 20.6 Å². The summed E-state index contributed by atoms with van der Waals surface area (Å²) in [5.74, 6) is 1.85. The first-order valence-electron chi connectivity index (χ1n) is 9.56. The molecule has 0 saturated heterocycles. The minimum Gasteiger partial charge on any atom is -0.312 e. The van der Waals surface area contributed by atoms with Crippen molar-refractivity contribution in [1.82, 2.24) is 10.2 Å². The van der Waals surface area contributed by atoms with Gasteiger partial charge >= 0.3 is 0 Å². The lowest BCUT2D eigenvalue weighted by molar-refractivity contribution is 0.0379. The van der Waals surface area contributed by atoms with Gasteiger partial charge in [-0.05, 0) is 58.2 Å². The minimum atomic E-state index is 0.421. The number of hydrogen-bond donors (Lipinski definition) is 1. The van der Waals surface area contributed by atoms with Crippen LogP contribution in [-0.4, -0.2) is 37.1 Å². The first-order chi connectivity index (χ1) is 10.2. The summed E-state index contributed by atoms with van der Waals surface area (Å²) in [6, 6.07) is 0.709. The molecule has 0 amide bonds. The molecule has 21 heavy (non-hydrogen) atoms. The zero-order valence-corrected chi connectivity index (χ0v) is 15.0. The Bertz CT molecular complexity index is 294. The Morgan fingerprint density at radius 2 is 1.71 bits per heavy atom. The third-order valence-corrected chi connectivity index (χ3v) is 6.47. The van der Waals surface area contributed by atoms with Gasteiger partial charge in [-0.2, -0.15) is 0 Å². The molecule has 2 nitrogen and oxygen atoms in total. The first-order valence-corrected chi connectivity index (χ1v) is 9.56. The molecule has 2 aliphatic carbocycles. The molecule has 0 aromatic heterocycles. The van der Waals surface area contributed by atoms with E-state index in [0.29, 0.717) is 11.6 Å². The molecule has 0 spiro atoms. The van der Waals surface area contributed by atoms with Gasteiger partial charge in [-0.15, -0.1) is 0 Å². The Morgan fingerprint density at radius 3 is 2.29 bits per heavy atom. The van der Waals surface area contributed by atoms with E-state index < -0.39 is 0 Å². The maximum absolute atomic E-state index is 4.03. The zero-order chi connectivity index (χ0) is 15.3. The topological polar surface area (TPSA) is 15.3 Å². The zero-order valence-electron chi connectivity index (χ0n) is 15.0. The standard InChI is InChI=1S/C19H38N2/c1-5-15-20-18(17-12-8-7-11-16(17)6-2)19(21(3)4)13-9-10-14-19/h16-18,20H,5-15H2,1-4H3. The molecular weight excluding hydrogens is 256 g/mol. The molecule has 1 N–H and O–H groups in total. The van der Waals surface area contributed by atoms with Crippen LogP contribution in [0.1, 0.15) is 78.1 Å². The fourth-order valence-electron chi connectivity index (χ4n) is 5.25. The van der Waals surface area contributed by atoms with E-state index >= 15 is 0 Å². The van der Waals surface area contributed by atoms with Gasteiger partial charge in [0.2, 0.25) is 0 Å². The van der Waals surface area contributed by atoms with Crippen LogP contribution in [0.25, 0.3) is 0 Å². The fourth-order valence-corrected chi connectivity index (χ4v) is 5.25. The van der Waals surface area contributed by atoms with E-state index in [4.69, 9.17) is 0 Å². The van der Waals surface area contributed by atoms with Crippen LogP contribution >= 0.6 is 0 Å². The molecule has 0 aromatic rings. The molecule has 3 atom stereocenters. The molecule has 2 rings (SSSR count). The summed E-state index contributed by atoms with van der Waals surface area (Å²) < 4.78 is 0. The Hall–Kier alpha value is -0.0800. The van der Waals surface area contributed by atoms with Gasteiger partial charge in [0, 0.05) is 11.6 Å². The summed E-state index contributed by atoms with van der Waals surface area (Å²) in [7, 11) is 4.66. The van der Waals surface area contributed by atoms with Crippen LogP contribution < -0.4 is 5.32 Å². The minimum absolute atomic E-state index is 0.421. The molecule has 124 valence electrons. The van der Waals surface area contributed by atoms with Crippen LogP contribution in [0, 0.1) is 11.8 Å². The highest BCUT2D eigenvalue weighted by Gasteiger charge is 2.47. The van der Waals surface area contributed by atoms with Crippen LogP contribution in [0.3, 0.4) is 0 Å². The maximum atomic E-state index is 4.03. The van der Waals surface area contributed by atoms with Crippen molar-refractivity contribution in [2.24, 2.45) is 11.8 Å². The quantitative estimate of drug-likeness (QED) is 0.746. The fraction of sp³-hybridized carbons (Fsp3) is 1.00. The lowest BCUT2D eigenvalue weighted by Gasteiger charge is -2.50. The number of nitrogens with zero attached hydrogens (tertiary/aromatic N) is 1. The lowest BCUT2D eigenvalue weighted by Crippen LogP contribution is -2.62. The van der Waals surface area contributed by atoms with Gasteiger partial charge in [-0.3, -0.25) is 0 Å². The van der Waals surface area contributed by atoms with Gasteiger partial charge in [0.15, 0.2) is 0 Å². The van der Waals surface area contributed by atoms with Crippen LogP contribution in [0.2, 0.25) is 0 Å². The van der Waals surface area contributed by atoms with Crippen molar-refractivity contribution >= 4 is 0 Å². The van der Waals surface area contributed by atoms with Crippen molar-refractivity contribution in [3.63, 3.8) is 0 Å². The first kappa shape index (κ1) is 17.3. The van der Waals surface area contributed by atoms with E-state index in [1.807, 2.05) is 0 Å². The highest BCUT2D eigenvalue weighted by atomic mass is 15.2. The number of nitrogens with one attached hydrogen (secondary N) is 1. The molecule has 0 heterocycles. The van der Waals surface area contributed by atoms with Gasteiger partial charge in [0.05, 0.1) is 0 Å². The summed E-state index contributed by atoms with van der Waals surface area (Å²) in [6.45, 7) is 5.91. The van der Waals surface area contributed by atoms with Crippen molar-refractivity contribution in [3.05, 3.63) is 0 Å². The average Bonchev–Trinajstić information content (AvgIpc) is 2.99. The van der Waals surface area contributed by atoms with E-state index in [1.165, 1.54) is 70.8 Å². The van der Waals surface area contributed by atoms with Crippen LogP contribution in [-0.2, 0) is 0 Å². The molecule has 0 bridgehead atoms. The summed E-state index contributed by atoms with van der Waals surface area (Å²) in [5, 5.41) is 4.03. The molecule has 2 aliphatic rings. The van der Waals surface area contributed by atoms with E-state index in [2.05, 4.69) is 38.2 Å². The van der Waals surface area contributed by atoms with Gasteiger partial charge < -0.3 is 10.2 Å². The largest absolute Gasteiger partial charge is 0.312 e. The van der Waals surface area contributed by atoms with Gasteiger partial charge in [-0.25, -0.2) is 0 Å². The Morgan fingerprint density at radius 1 is 1.05 bits per heavy atom. The van der Waals surface area contributed by atoms with Gasteiger partial charge in [-0.1, -0.05) is 52.4 Å². The van der Waals surface area contributed by atoms with E-state index in [9.17, 15) is 0 Å². The second-order valence-corrected chi connectivity index (χ2v) is 7.75. The molecule has 3 unspecified atom stereocenters. The van der Waals surface area contributed by atoms with E-state index in [1.54, 1.807) is 0 Å². The van der Waals surface area contributed by atoms with Crippen LogP contribution in [0.4, 0.5) is 0 Å². The molecule has 0 radical (unpaired) electrons. The Kier molecular flexibility index (Phi) is 6.55. The highest BCUT2D eigenvalue weighted by Crippen LogP contribution is 2.45. The molecule has 2 saturated carbocycles. The van der Waals surface area contributed by atoms with Crippen molar-refractivity contribution in [3.8, 4) is 0 Å². The van der Waals surface area contributed by atoms with Crippen LogP contribution in [0.15, 0.2) is 0 Å². The molecule has 0 aliphatic heterocycles. The van der Waals surface area contributed by atoms with Gasteiger partial charge in [0.1, 0.15) is 0 Å². The van der Waals surface area contributed by atoms with E-state index in [-0.39, 0.29) is 0 Å². The molecule has 0 aromatic carbocycles. The van der Waals surface area contributed by atoms with Gasteiger partial charge in [0.25, 0.3) is 0 Å². The number of rotatable bonds is 7. The molecule has 2 fully saturated rings. The average molecular weight is 295 g/mol. The van der Waals surface area contributed by atoms with Crippen molar-refractivity contribution in [1.29, 1.82) is 0 Å². The normalized spacial score (nSPS) is 30.7. The maximum Gasteiger partial charge on any atom is 0.0359 e. The van der Waals surface area contributed by atoms with Crippen LogP contribution in [0.5, 0.6) is 0 Å². The summed E-state index contributed by atoms with van der Waals surface area (Å²) in [6.07, 6.45) is 14.1. The lowest BCUT2D eigenvalue weighted by atomic mass is 9.67.